The molecule has 0 aromatic heterocycles. The van der Waals surface area contributed by atoms with E-state index in [0.717, 1.165) is 36.8 Å². The fraction of sp³-hybridized carbons (Fsp3) is 0.594. The third kappa shape index (κ3) is 9.06. The molecule has 1 saturated carbocycles. The summed E-state index contributed by atoms with van der Waals surface area (Å²) in [6.45, 7) is 2.10. The molecule has 1 aliphatic carbocycles. The van der Waals surface area contributed by atoms with Crippen LogP contribution in [0.1, 0.15) is 57.8 Å². The number of amides is 3. The van der Waals surface area contributed by atoms with Crippen molar-refractivity contribution in [2.45, 2.75) is 74.8 Å². The molecule has 2 fully saturated rings. The minimum absolute atomic E-state index is 0.206. The van der Waals surface area contributed by atoms with Gasteiger partial charge in [-0.3, -0.25) is 4.79 Å². The molecule has 44 heavy (non-hydrogen) atoms. The Bertz CT molecular complexity index is 1410. The molecule has 12 heteroatoms. The first-order chi connectivity index (χ1) is 21.2. The standard InChI is InChI=1S/C32H46N6O5S/c1-37(2)29-15-8-14-27-26(29)13-9-16-30(27)44(41,42)34-17-7-6-12-25(23-33)35-31(39)28(22-24-10-4-3-5-11-24)36-32(40)38-18-20-43-21-19-38/h8-9,13-16,24-25,28,34H,3-7,10-12,17-22H2,1-2H3,(H,35,39)(H,36,40)/t25-,28-/m0/s1. The first kappa shape index (κ1) is 33.5. The van der Waals surface area contributed by atoms with Gasteiger partial charge in [0.25, 0.3) is 0 Å². The zero-order chi connectivity index (χ0) is 31.5. The molecule has 3 N–H and O–H groups in total. The van der Waals surface area contributed by atoms with Crippen molar-refractivity contribution in [3.63, 3.8) is 0 Å². The van der Waals surface area contributed by atoms with Gasteiger partial charge in [-0.1, -0.05) is 56.4 Å². The molecule has 2 aliphatic rings. The molecule has 0 radical (unpaired) electrons. The number of benzene rings is 2. The lowest BCUT2D eigenvalue weighted by Crippen LogP contribution is -2.55. The summed E-state index contributed by atoms with van der Waals surface area (Å²) in [4.78, 5) is 30.1. The largest absolute Gasteiger partial charge is 0.378 e. The molecule has 1 heterocycles. The Morgan fingerprint density at radius 1 is 1.02 bits per heavy atom. The van der Waals surface area contributed by atoms with E-state index in [9.17, 15) is 23.3 Å². The molecule has 3 amide bonds. The second-order valence-electron chi connectivity index (χ2n) is 11.9. The maximum Gasteiger partial charge on any atom is 0.318 e. The summed E-state index contributed by atoms with van der Waals surface area (Å²) >= 11 is 0. The van der Waals surface area contributed by atoms with Crippen molar-refractivity contribution < 1.29 is 22.7 Å². The quantitative estimate of drug-likeness (QED) is 0.287. The highest BCUT2D eigenvalue weighted by molar-refractivity contribution is 7.89. The molecule has 0 bridgehead atoms. The predicted octanol–water partition coefficient (Wildman–Crippen LogP) is 3.74. The number of rotatable bonds is 13. The number of urea groups is 1. The van der Waals surface area contributed by atoms with E-state index in [-0.39, 0.29) is 23.4 Å². The summed E-state index contributed by atoms with van der Waals surface area (Å²) in [6.07, 6.45) is 7.46. The molecule has 11 nitrogen and oxygen atoms in total. The topological polar surface area (TPSA) is 144 Å². The number of anilines is 1. The van der Waals surface area contributed by atoms with Crippen LogP contribution in [0, 0.1) is 17.2 Å². The van der Waals surface area contributed by atoms with E-state index in [1.165, 1.54) is 6.42 Å². The Morgan fingerprint density at radius 3 is 2.43 bits per heavy atom. The van der Waals surface area contributed by atoms with Crippen molar-refractivity contribution in [2.75, 3.05) is 51.8 Å². The van der Waals surface area contributed by atoms with Gasteiger partial charge in [0.05, 0.1) is 24.2 Å². The van der Waals surface area contributed by atoms with Crippen LogP contribution in [-0.2, 0) is 19.6 Å². The van der Waals surface area contributed by atoms with E-state index in [4.69, 9.17) is 4.74 Å². The van der Waals surface area contributed by atoms with Crippen LogP contribution < -0.4 is 20.3 Å². The zero-order valence-electron chi connectivity index (χ0n) is 25.9. The summed E-state index contributed by atoms with van der Waals surface area (Å²) in [5, 5.41) is 17.0. The Morgan fingerprint density at radius 2 is 1.73 bits per heavy atom. The first-order valence-electron chi connectivity index (χ1n) is 15.7. The average molecular weight is 627 g/mol. The number of morpholine rings is 1. The smallest absolute Gasteiger partial charge is 0.318 e. The number of nitrogens with zero attached hydrogens (tertiary/aromatic N) is 3. The van der Waals surface area contributed by atoms with Crippen molar-refractivity contribution in [2.24, 2.45) is 5.92 Å². The van der Waals surface area contributed by atoms with E-state index in [1.807, 2.05) is 43.3 Å². The number of nitriles is 1. The van der Waals surface area contributed by atoms with Crippen LogP contribution in [0.15, 0.2) is 41.3 Å². The molecule has 1 aliphatic heterocycles. The first-order valence-corrected chi connectivity index (χ1v) is 17.2. The molecule has 240 valence electrons. The molecule has 4 rings (SSSR count). The average Bonchev–Trinajstić information content (AvgIpc) is 3.03. The lowest BCUT2D eigenvalue weighted by molar-refractivity contribution is -0.123. The third-order valence-corrected chi connectivity index (χ3v) is 10.0. The van der Waals surface area contributed by atoms with Crippen molar-refractivity contribution in [3.05, 3.63) is 36.4 Å². The SMILES string of the molecule is CN(C)c1cccc2c(S(=O)(=O)NCCCC[C@@H](C#N)NC(=O)[C@H](CC3CCCCC3)NC(=O)N3CCOCC3)cccc12. The number of ether oxygens (including phenoxy) is 1. The van der Waals surface area contributed by atoms with Gasteiger partial charge in [0.1, 0.15) is 12.1 Å². The van der Waals surface area contributed by atoms with Crippen LogP contribution in [0.25, 0.3) is 10.8 Å². The Kier molecular flexibility index (Phi) is 12.2. The van der Waals surface area contributed by atoms with E-state index < -0.39 is 22.1 Å². The van der Waals surface area contributed by atoms with Gasteiger partial charge in [-0.25, -0.2) is 17.9 Å². The van der Waals surface area contributed by atoms with Gasteiger partial charge in [0.2, 0.25) is 15.9 Å². The maximum absolute atomic E-state index is 13.3. The number of hydrogen-bond acceptors (Lipinski definition) is 7. The van der Waals surface area contributed by atoms with Gasteiger partial charge in [0, 0.05) is 50.2 Å². The summed E-state index contributed by atoms with van der Waals surface area (Å²) in [5.74, 6) is 0.00624. The van der Waals surface area contributed by atoms with Crippen LogP contribution in [0.3, 0.4) is 0 Å². The highest BCUT2D eigenvalue weighted by Gasteiger charge is 2.29. The Hall–Kier alpha value is -3.40. The molecule has 2 aromatic carbocycles. The number of unbranched alkanes of at least 4 members (excludes halogenated alkanes) is 1. The molecular weight excluding hydrogens is 580 g/mol. The number of hydrogen-bond donors (Lipinski definition) is 3. The second kappa shape index (κ2) is 16.1. The molecular formula is C32H46N6O5S. The predicted molar refractivity (Wildman–Crippen MR) is 171 cm³/mol. The number of carbonyl (C=O) groups is 2. The van der Waals surface area contributed by atoms with Crippen LogP contribution in [0.5, 0.6) is 0 Å². The van der Waals surface area contributed by atoms with Crippen LogP contribution >= 0.6 is 0 Å². The van der Waals surface area contributed by atoms with E-state index >= 15 is 0 Å². The number of fused-ring (bicyclic) bond motifs is 1. The molecule has 2 atom stereocenters. The normalized spacial score (nSPS) is 17.4. The summed E-state index contributed by atoms with van der Waals surface area (Å²) in [5.41, 5.74) is 0.936. The van der Waals surface area contributed by atoms with Gasteiger partial charge in [-0.05, 0) is 43.7 Å². The van der Waals surface area contributed by atoms with Gasteiger partial charge in [-0.15, -0.1) is 0 Å². The van der Waals surface area contributed by atoms with Crippen molar-refractivity contribution in [3.8, 4) is 6.07 Å². The molecule has 0 spiro atoms. The second-order valence-corrected chi connectivity index (χ2v) is 13.7. The van der Waals surface area contributed by atoms with Gasteiger partial charge in [0.15, 0.2) is 0 Å². The van der Waals surface area contributed by atoms with Crippen LogP contribution in [0.2, 0.25) is 0 Å². The molecule has 0 unspecified atom stereocenters. The van der Waals surface area contributed by atoms with Crippen LogP contribution in [0.4, 0.5) is 10.5 Å². The molecule has 1 saturated heterocycles. The third-order valence-electron chi connectivity index (χ3n) is 8.52. The fourth-order valence-corrected chi connectivity index (χ4v) is 7.38. The molecule has 2 aromatic rings. The highest BCUT2D eigenvalue weighted by Crippen LogP contribution is 2.30. The monoisotopic (exact) mass is 626 g/mol. The lowest BCUT2D eigenvalue weighted by atomic mass is 9.84. The lowest BCUT2D eigenvalue weighted by Gasteiger charge is -2.31. The number of sulfonamides is 1. The fourth-order valence-electron chi connectivity index (χ4n) is 6.08. The summed E-state index contributed by atoms with van der Waals surface area (Å²) in [6, 6.07) is 11.3. The van der Waals surface area contributed by atoms with E-state index in [1.54, 1.807) is 17.0 Å². The van der Waals surface area contributed by atoms with E-state index in [0.29, 0.717) is 63.3 Å². The van der Waals surface area contributed by atoms with E-state index in [2.05, 4.69) is 21.4 Å². The highest BCUT2D eigenvalue weighted by atomic mass is 32.2. The van der Waals surface area contributed by atoms with Gasteiger partial charge < -0.3 is 25.2 Å². The van der Waals surface area contributed by atoms with Gasteiger partial charge >= 0.3 is 6.03 Å². The van der Waals surface area contributed by atoms with Crippen LogP contribution in [-0.4, -0.2) is 84.3 Å². The Balaban J connectivity index is 1.29. The number of nitrogens with one attached hydrogen (secondary N) is 3. The van der Waals surface area contributed by atoms with Gasteiger partial charge in [-0.2, -0.15) is 5.26 Å². The summed E-state index contributed by atoms with van der Waals surface area (Å²) in [7, 11) is 0.0841. The number of carbonyl (C=O) groups excluding carboxylic acids is 2. The maximum atomic E-state index is 13.3. The zero-order valence-corrected chi connectivity index (χ0v) is 26.7. The minimum atomic E-state index is -3.76. The van der Waals surface area contributed by atoms with Crippen molar-refractivity contribution in [1.29, 1.82) is 5.26 Å². The van der Waals surface area contributed by atoms with Crippen molar-refractivity contribution in [1.82, 2.24) is 20.3 Å². The minimum Gasteiger partial charge on any atom is -0.378 e. The summed E-state index contributed by atoms with van der Waals surface area (Å²) < 4.78 is 34.4. The van der Waals surface area contributed by atoms with Crippen molar-refractivity contribution >= 4 is 38.4 Å². The Labute approximate surface area is 261 Å².